The van der Waals surface area contributed by atoms with Crippen molar-refractivity contribution in [1.82, 2.24) is 10.2 Å². The van der Waals surface area contributed by atoms with Gasteiger partial charge in [0, 0.05) is 19.2 Å². The van der Waals surface area contributed by atoms with Crippen LogP contribution in [-0.2, 0) is 4.79 Å². The molecule has 1 N–H and O–H groups in total. The molecule has 0 radical (unpaired) electrons. The summed E-state index contributed by atoms with van der Waals surface area (Å²) in [5, 5.41) is 2.61. The van der Waals surface area contributed by atoms with E-state index in [4.69, 9.17) is 9.47 Å². The number of nitrogens with zero attached hydrogens (tertiary/aromatic N) is 1. The highest BCUT2D eigenvalue weighted by molar-refractivity contribution is 5.96. The second kappa shape index (κ2) is 10.9. The third-order valence-electron chi connectivity index (χ3n) is 3.97. The summed E-state index contributed by atoms with van der Waals surface area (Å²) in [7, 11) is 1.67. The Morgan fingerprint density at radius 2 is 1.61 bits per heavy atom. The first-order chi connectivity index (χ1) is 13.5. The van der Waals surface area contributed by atoms with E-state index in [1.807, 2.05) is 6.92 Å². The Labute approximate surface area is 164 Å². The van der Waals surface area contributed by atoms with Crippen LogP contribution >= 0.6 is 0 Å². The summed E-state index contributed by atoms with van der Waals surface area (Å²) >= 11 is 0. The summed E-state index contributed by atoms with van der Waals surface area (Å²) in [6.45, 7) is 3.25. The Morgan fingerprint density at radius 1 is 1.00 bits per heavy atom. The number of rotatable bonds is 10. The lowest BCUT2D eigenvalue weighted by atomic mass is 10.2. The maximum Gasteiger partial charge on any atom is 0.251 e. The predicted molar refractivity (Wildman–Crippen MR) is 104 cm³/mol. The van der Waals surface area contributed by atoms with Gasteiger partial charge in [0.25, 0.3) is 5.91 Å². The van der Waals surface area contributed by atoms with E-state index in [1.54, 1.807) is 43.4 Å². The Morgan fingerprint density at radius 3 is 2.25 bits per heavy atom. The van der Waals surface area contributed by atoms with Crippen molar-refractivity contribution < 1.29 is 23.5 Å². The third kappa shape index (κ3) is 6.90. The molecule has 0 heterocycles. The molecule has 2 aromatic carbocycles. The first kappa shape index (κ1) is 21.2. The number of benzene rings is 2. The fraction of sp³-hybridized carbons (Fsp3) is 0.333. The SMILES string of the molecule is CCOc1ccc(C(=O)NCC(=O)N(C)CCCOc2ccc(F)cc2)cc1. The van der Waals surface area contributed by atoms with Crippen molar-refractivity contribution in [2.24, 2.45) is 0 Å². The number of ether oxygens (including phenoxy) is 2. The van der Waals surface area contributed by atoms with Crippen LogP contribution in [0.1, 0.15) is 23.7 Å². The zero-order valence-electron chi connectivity index (χ0n) is 16.1. The van der Waals surface area contributed by atoms with Gasteiger partial charge in [-0.1, -0.05) is 0 Å². The normalized spacial score (nSPS) is 10.2. The largest absolute Gasteiger partial charge is 0.494 e. The average Bonchev–Trinajstić information content (AvgIpc) is 2.71. The van der Waals surface area contributed by atoms with E-state index < -0.39 is 0 Å². The van der Waals surface area contributed by atoms with Crippen molar-refractivity contribution >= 4 is 11.8 Å². The number of likely N-dealkylation sites (N-methyl/N-ethyl adjacent to an activating group) is 1. The standard InChI is InChI=1S/C21H25FN2O4/c1-3-27-18-9-5-16(6-10-18)21(26)23-15-20(25)24(2)13-4-14-28-19-11-7-17(22)8-12-19/h5-12H,3-4,13-15H2,1-2H3,(H,23,26). The number of nitrogens with one attached hydrogen (secondary N) is 1. The minimum absolute atomic E-state index is 0.0820. The van der Waals surface area contributed by atoms with Crippen molar-refractivity contribution in [3.05, 3.63) is 59.9 Å². The number of carbonyl (C=O) groups is 2. The quantitative estimate of drug-likeness (QED) is 0.636. The summed E-state index contributed by atoms with van der Waals surface area (Å²) in [6.07, 6.45) is 0.618. The van der Waals surface area contributed by atoms with Gasteiger partial charge in [-0.25, -0.2) is 4.39 Å². The van der Waals surface area contributed by atoms with E-state index >= 15 is 0 Å². The average molecular weight is 388 g/mol. The number of hydrogen-bond donors (Lipinski definition) is 1. The molecule has 0 spiro atoms. The highest BCUT2D eigenvalue weighted by atomic mass is 19.1. The molecule has 0 unspecified atom stereocenters. The molecule has 2 aromatic rings. The van der Waals surface area contributed by atoms with Crippen LogP contribution in [0.4, 0.5) is 4.39 Å². The molecule has 0 saturated carbocycles. The molecule has 2 rings (SSSR count). The van der Waals surface area contributed by atoms with Gasteiger partial charge in [0.2, 0.25) is 5.91 Å². The molecular formula is C21H25FN2O4. The summed E-state index contributed by atoms with van der Waals surface area (Å²) in [5.74, 6) is 0.450. The van der Waals surface area contributed by atoms with Crippen LogP contribution in [0.25, 0.3) is 0 Å². The third-order valence-corrected chi connectivity index (χ3v) is 3.97. The van der Waals surface area contributed by atoms with Crippen LogP contribution in [0.3, 0.4) is 0 Å². The molecule has 0 bridgehead atoms. The minimum Gasteiger partial charge on any atom is -0.494 e. The summed E-state index contributed by atoms with van der Waals surface area (Å²) in [5.41, 5.74) is 0.464. The van der Waals surface area contributed by atoms with E-state index in [0.29, 0.717) is 43.2 Å². The summed E-state index contributed by atoms with van der Waals surface area (Å²) < 4.78 is 23.6. The Bertz CT molecular complexity index is 763. The van der Waals surface area contributed by atoms with Crippen molar-refractivity contribution in [3.8, 4) is 11.5 Å². The van der Waals surface area contributed by atoms with E-state index in [9.17, 15) is 14.0 Å². The van der Waals surface area contributed by atoms with Gasteiger partial charge in [-0.3, -0.25) is 9.59 Å². The van der Waals surface area contributed by atoms with Gasteiger partial charge in [-0.2, -0.15) is 0 Å². The summed E-state index contributed by atoms with van der Waals surface area (Å²) in [4.78, 5) is 25.8. The molecule has 0 saturated heterocycles. The smallest absolute Gasteiger partial charge is 0.251 e. The first-order valence-electron chi connectivity index (χ1n) is 9.13. The number of carbonyl (C=O) groups excluding carboxylic acids is 2. The highest BCUT2D eigenvalue weighted by Crippen LogP contribution is 2.12. The van der Waals surface area contributed by atoms with Crippen molar-refractivity contribution in [2.75, 3.05) is 33.4 Å². The lowest BCUT2D eigenvalue weighted by Crippen LogP contribution is -2.38. The van der Waals surface area contributed by atoms with Gasteiger partial charge in [-0.15, -0.1) is 0 Å². The Balaban J connectivity index is 1.67. The minimum atomic E-state index is -0.315. The van der Waals surface area contributed by atoms with Crippen LogP contribution in [-0.4, -0.2) is 50.1 Å². The van der Waals surface area contributed by atoms with Crippen molar-refractivity contribution in [2.45, 2.75) is 13.3 Å². The molecule has 28 heavy (non-hydrogen) atoms. The topological polar surface area (TPSA) is 67.9 Å². The van der Waals surface area contributed by atoms with Crippen LogP contribution in [0.15, 0.2) is 48.5 Å². The van der Waals surface area contributed by atoms with Crippen LogP contribution in [0, 0.1) is 5.82 Å². The highest BCUT2D eigenvalue weighted by Gasteiger charge is 2.12. The van der Waals surface area contributed by atoms with Gasteiger partial charge in [0.1, 0.15) is 17.3 Å². The maximum absolute atomic E-state index is 12.8. The van der Waals surface area contributed by atoms with Gasteiger partial charge >= 0.3 is 0 Å². The van der Waals surface area contributed by atoms with Gasteiger partial charge in [0.05, 0.1) is 19.8 Å². The monoisotopic (exact) mass is 388 g/mol. The lowest BCUT2D eigenvalue weighted by Gasteiger charge is -2.17. The van der Waals surface area contributed by atoms with Gasteiger partial charge in [-0.05, 0) is 61.9 Å². The fourth-order valence-corrected chi connectivity index (χ4v) is 2.41. The molecule has 2 amide bonds. The Hall–Kier alpha value is -3.09. The van der Waals surface area contributed by atoms with E-state index in [-0.39, 0.29) is 24.2 Å². The first-order valence-corrected chi connectivity index (χ1v) is 9.13. The van der Waals surface area contributed by atoms with Crippen LogP contribution in [0.5, 0.6) is 11.5 Å². The zero-order chi connectivity index (χ0) is 20.4. The maximum atomic E-state index is 12.8. The second-order valence-electron chi connectivity index (χ2n) is 6.11. The van der Waals surface area contributed by atoms with Crippen molar-refractivity contribution in [3.63, 3.8) is 0 Å². The molecule has 7 heteroatoms. The zero-order valence-corrected chi connectivity index (χ0v) is 16.1. The van der Waals surface area contributed by atoms with Crippen LogP contribution < -0.4 is 14.8 Å². The number of amides is 2. The molecule has 0 aliphatic carbocycles. The molecule has 150 valence electrons. The molecule has 0 aliphatic heterocycles. The molecule has 0 aromatic heterocycles. The van der Waals surface area contributed by atoms with E-state index in [2.05, 4.69) is 5.32 Å². The van der Waals surface area contributed by atoms with Crippen molar-refractivity contribution in [1.29, 1.82) is 0 Å². The van der Waals surface area contributed by atoms with Gasteiger partial charge < -0.3 is 19.7 Å². The molecule has 0 atom stereocenters. The number of halogens is 1. The Kier molecular flexibility index (Phi) is 8.27. The van der Waals surface area contributed by atoms with Gasteiger partial charge in [0.15, 0.2) is 0 Å². The van der Waals surface area contributed by atoms with Crippen LogP contribution in [0.2, 0.25) is 0 Å². The molecule has 6 nitrogen and oxygen atoms in total. The second-order valence-corrected chi connectivity index (χ2v) is 6.11. The van der Waals surface area contributed by atoms with E-state index in [1.165, 1.54) is 17.0 Å². The van der Waals surface area contributed by atoms with E-state index in [0.717, 1.165) is 0 Å². The molecular weight excluding hydrogens is 363 g/mol. The summed E-state index contributed by atoms with van der Waals surface area (Å²) in [6, 6.07) is 12.5. The fourth-order valence-electron chi connectivity index (χ4n) is 2.41. The molecule has 0 fully saturated rings. The number of hydrogen-bond acceptors (Lipinski definition) is 4. The lowest BCUT2D eigenvalue weighted by molar-refractivity contribution is -0.128. The predicted octanol–water partition coefficient (Wildman–Crippen LogP) is 2.88. The molecule has 0 aliphatic rings.